The predicted octanol–water partition coefficient (Wildman–Crippen LogP) is 4.10. The minimum absolute atomic E-state index is 0.361. The summed E-state index contributed by atoms with van der Waals surface area (Å²) in [5.74, 6) is 1.86. The molecule has 28 heavy (non-hydrogen) atoms. The van der Waals surface area contributed by atoms with Crippen LogP contribution in [0.25, 0.3) is 0 Å². The average molecular weight is 394 g/mol. The zero-order valence-corrected chi connectivity index (χ0v) is 19.2. The van der Waals surface area contributed by atoms with Gasteiger partial charge in [0.25, 0.3) is 0 Å². The summed E-state index contributed by atoms with van der Waals surface area (Å²) < 4.78 is 5.73. The van der Waals surface area contributed by atoms with Gasteiger partial charge in [-0.05, 0) is 110 Å². The van der Waals surface area contributed by atoms with Crippen LogP contribution in [0.1, 0.15) is 72.6 Å². The second-order valence-electron chi connectivity index (χ2n) is 10.4. The fraction of sp³-hybridized carbons (Fsp3) is 1.00. The fourth-order valence-electron chi connectivity index (χ4n) is 5.76. The molecule has 0 aromatic carbocycles. The fourth-order valence-corrected chi connectivity index (χ4v) is 5.76. The van der Waals surface area contributed by atoms with Gasteiger partial charge in [-0.1, -0.05) is 13.8 Å². The standard InChI is InChI=1S/C24H47N3O/c1-20(2)19-22-5-13-26(14-6-22)24-9-15-27(16-10-24)23-7-11-25(12-8-23)17-18-28-21(3)4/h20-24H,5-19H2,1-4H3. The van der Waals surface area contributed by atoms with Crippen LogP contribution in [0.15, 0.2) is 0 Å². The molecule has 0 aromatic heterocycles. The maximum Gasteiger partial charge on any atom is 0.0596 e. The lowest BCUT2D eigenvalue weighted by molar-refractivity contribution is 0.0264. The molecule has 3 heterocycles. The first kappa shape index (κ1) is 22.5. The van der Waals surface area contributed by atoms with E-state index in [1.165, 1.54) is 84.2 Å². The van der Waals surface area contributed by atoms with Crippen molar-refractivity contribution in [1.82, 2.24) is 14.7 Å². The van der Waals surface area contributed by atoms with Crippen molar-refractivity contribution in [2.45, 2.75) is 90.8 Å². The SMILES string of the molecule is CC(C)CC1CCN(C2CCN(C3CCN(CCOC(C)C)CC3)CC2)CC1. The second kappa shape index (κ2) is 11.3. The second-order valence-corrected chi connectivity index (χ2v) is 10.4. The normalized spacial score (nSPS) is 25.9. The van der Waals surface area contributed by atoms with Gasteiger partial charge in [-0.2, -0.15) is 0 Å². The molecule has 0 amide bonds. The number of rotatable bonds is 8. The zero-order chi connectivity index (χ0) is 19.9. The lowest BCUT2D eigenvalue weighted by Gasteiger charge is -2.45. The van der Waals surface area contributed by atoms with Crippen LogP contribution in [0, 0.1) is 11.8 Å². The van der Waals surface area contributed by atoms with Crippen molar-refractivity contribution in [3.8, 4) is 0 Å². The predicted molar refractivity (Wildman–Crippen MR) is 119 cm³/mol. The topological polar surface area (TPSA) is 19.0 Å². The minimum Gasteiger partial charge on any atom is -0.377 e. The van der Waals surface area contributed by atoms with Gasteiger partial charge in [-0.25, -0.2) is 0 Å². The van der Waals surface area contributed by atoms with Crippen LogP contribution in [-0.4, -0.2) is 85.3 Å². The molecule has 4 heteroatoms. The van der Waals surface area contributed by atoms with E-state index in [4.69, 9.17) is 4.74 Å². The molecule has 0 N–H and O–H groups in total. The quantitative estimate of drug-likeness (QED) is 0.618. The molecule has 3 aliphatic rings. The Morgan fingerprint density at radius 1 is 0.714 bits per heavy atom. The molecule has 0 saturated carbocycles. The highest BCUT2D eigenvalue weighted by Crippen LogP contribution is 2.29. The van der Waals surface area contributed by atoms with E-state index >= 15 is 0 Å². The number of nitrogens with zero attached hydrogens (tertiary/aromatic N) is 3. The molecule has 0 spiro atoms. The third kappa shape index (κ3) is 6.97. The molecule has 4 nitrogen and oxygen atoms in total. The Bertz CT molecular complexity index is 418. The number of hydrogen-bond acceptors (Lipinski definition) is 4. The van der Waals surface area contributed by atoms with Crippen molar-refractivity contribution in [3.05, 3.63) is 0 Å². The van der Waals surface area contributed by atoms with Gasteiger partial charge in [0.05, 0.1) is 12.7 Å². The molecule has 3 aliphatic heterocycles. The summed E-state index contributed by atoms with van der Waals surface area (Å²) in [6.07, 6.45) is 10.2. The molecule has 0 aromatic rings. The van der Waals surface area contributed by atoms with Crippen LogP contribution in [0.2, 0.25) is 0 Å². The molecular formula is C24H47N3O. The van der Waals surface area contributed by atoms with E-state index in [0.717, 1.165) is 37.1 Å². The van der Waals surface area contributed by atoms with Crippen molar-refractivity contribution in [2.75, 3.05) is 52.4 Å². The van der Waals surface area contributed by atoms with Crippen LogP contribution >= 0.6 is 0 Å². The third-order valence-corrected chi connectivity index (χ3v) is 7.40. The third-order valence-electron chi connectivity index (χ3n) is 7.40. The number of likely N-dealkylation sites (tertiary alicyclic amines) is 3. The number of hydrogen-bond donors (Lipinski definition) is 0. The zero-order valence-electron chi connectivity index (χ0n) is 19.2. The molecule has 0 radical (unpaired) electrons. The highest BCUT2D eigenvalue weighted by atomic mass is 16.5. The van der Waals surface area contributed by atoms with E-state index in [-0.39, 0.29) is 0 Å². The van der Waals surface area contributed by atoms with E-state index in [1.54, 1.807) is 0 Å². The van der Waals surface area contributed by atoms with E-state index in [0.29, 0.717) is 6.10 Å². The lowest BCUT2D eigenvalue weighted by atomic mass is 9.87. The van der Waals surface area contributed by atoms with Gasteiger partial charge in [-0.15, -0.1) is 0 Å². The Balaban J connectivity index is 1.31. The molecule has 0 atom stereocenters. The molecule has 3 rings (SSSR count). The van der Waals surface area contributed by atoms with E-state index in [1.807, 2.05) is 0 Å². The summed E-state index contributed by atoms with van der Waals surface area (Å²) in [4.78, 5) is 8.27. The molecule has 164 valence electrons. The van der Waals surface area contributed by atoms with Gasteiger partial charge < -0.3 is 19.4 Å². The summed E-state index contributed by atoms with van der Waals surface area (Å²) in [5.41, 5.74) is 0. The van der Waals surface area contributed by atoms with Crippen molar-refractivity contribution < 1.29 is 4.74 Å². The van der Waals surface area contributed by atoms with Crippen LogP contribution in [0.5, 0.6) is 0 Å². The largest absolute Gasteiger partial charge is 0.377 e. The molecule has 3 saturated heterocycles. The monoisotopic (exact) mass is 393 g/mol. The summed E-state index contributed by atoms with van der Waals surface area (Å²) in [6.45, 7) is 18.9. The van der Waals surface area contributed by atoms with Gasteiger partial charge in [0, 0.05) is 18.6 Å². The van der Waals surface area contributed by atoms with E-state index < -0.39 is 0 Å². The molecule has 3 fully saturated rings. The molecular weight excluding hydrogens is 346 g/mol. The van der Waals surface area contributed by atoms with E-state index in [2.05, 4.69) is 42.4 Å². The minimum atomic E-state index is 0.361. The number of ether oxygens (including phenoxy) is 1. The van der Waals surface area contributed by atoms with Gasteiger partial charge in [0.15, 0.2) is 0 Å². The highest BCUT2D eigenvalue weighted by molar-refractivity contribution is 4.87. The van der Waals surface area contributed by atoms with Crippen molar-refractivity contribution in [3.63, 3.8) is 0 Å². The van der Waals surface area contributed by atoms with Crippen molar-refractivity contribution >= 4 is 0 Å². The summed E-state index contributed by atoms with van der Waals surface area (Å²) in [7, 11) is 0. The molecule has 0 bridgehead atoms. The molecule has 0 aliphatic carbocycles. The average Bonchev–Trinajstić information content (AvgIpc) is 2.69. The van der Waals surface area contributed by atoms with Crippen molar-refractivity contribution in [2.24, 2.45) is 11.8 Å². The Morgan fingerprint density at radius 2 is 1.21 bits per heavy atom. The summed E-state index contributed by atoms with van der Waals surface area (Å²) >= 11 is 0. The highest BCUT2D eigenvalue weighted by Gasteiger charge is 2.31. The Kier molecular flexibility index (Phi) is 9.08. The first-order chi connectivity index (χ1) is 13.5. The van der Waals surface area contributed by atoms with Gasteiger partial charge in [-0.3, -0.25) is 0 Å². The van der Waals surface area contributed by atoms with Crippen LogP contribution in [0.3, 0.4) is 0 Å². The van der Waals surface area contributed by atoms with Crippen LogP contribution in [0.4, 0.5) is 0 Å². The smallest absolute Gasteiger partial charge is 0.0596 e. The van der Waals surface area contributed by atoms with Crippen LogP contribution in [-0.2, 0) is 4.74 Å². The Labute approximate surface area is 175 Å². The van der Waals surface area contributed by atoms with Crippen molar-refractivity contribution in [1.29, 1.82) is 0 Å². The maximum absolute atomic E-state index is 5.73. The Hall–Kier alpha value is -0.160. The first-order valence-corrected chi connectivity index (χ1v) is 12.3. The summed E-state index contributed by atoms with van der Waals surface area (Å²) in [6, 6.07) is 1.70. The van der Waals surface area contributed by atoms with E-state index in [9.17, 15) is 0 Å². The molecule has 0 unspecified atom stereocenters. The number of piperidine rings is 3. The summed E-state index contributed by atoms with van der Waals surface area (Å²) in [5, 5.41) is 0. The van der Waals surface area contributed by atoms with Crippen LogP contribution < -0.4 is 0 Å². The Morgan fingerprint density at radius 3 is 1.71 bits per heavy atom. The maximum atomic E-state index is 5.73. The van der Waals surface area contributed by atoms with Gasteiger partial charge >= 0.3 is 0 Å². The van der Waals surface area contributed by atoms with Gasteiger partial charge in [0.1, 0.15) is 0 Å². The van der Waals surface area contributed by atoms with Gasteiger partial charge in [0.2, 0.25) is 0 Å². The first-order valence-electron chi connectivity index (χ1n) is 12.3. The lowest BCUT2D eigenvalue weighted by Crippen LogP contribution is -2.52.